The molecule has 0 amide bonds. The van der Waals surface area contributed by atoms with E-state index in [-0.39, 0.29) is 11.2 Å². The van der Waals surface area contributed by atoms with Crippen LogP contribution in [0, 0.1) is 5.41 Å². The molecule has 2 aromatic rings. The molecule has 2 aliphatic rings. The van der Waals surface area contributed by atoms with E-state index in [0.29, 0.717) is 12.8 Å². The van der Waals surface area contributed by atoms with Crippen LogP contribution in [-0.2, 0) is 6.42 Å². The first kappa shape index (κ1) is 16.3. The normalized spacial score (nSPS) is 28.2. The van der Waals surface area contributed by atoms with Crippen molar-refractivity contribution in [2.24, 2.45) is 5.41 Å². The molecule has 0 saturated heterocycles. The minimum atomic E-state index is -0.619. The minimum absolute atomic E-state index is 0.266. The quantitative estimate of drug-likeness (QED) is 0.883. The number of hydrogen-bond donors (Lipinski definition) is 1. The lowest BCUT2D eigenvalue weighted by Crippen LogP contribution is -2.40. The van der Waals surface area contributed by atoms with Gasteiger partial charge in [-0.25, -0.2) is 0 Å². The maximum Gasteiger partial charge on any atom is 0.169 e. The average Bonchev–Trinajstić information content (AvgIpc) is 2.90. The topological polar surface area (TPSA) is 46.5 Å². The first-order chi connectivity index (χ1) is 11.9. The van der Waals surface area contributed by atoms with Crippen molar-refractivity contribution >= 4 is 5.78 Å². The number of methoxy groups -OCH3 is 1. The van der Waals surface area contributed by atoms with Gasteiger partial charge in [-0.15, -0.1) is 0 Å². The Morgan fingerprint density at radius 2 is 1.72 bits per heavy atom. The van der Waals surface area contributed by atoms with Crippen LogP contribution < -0.4 is 4.74 Å². The second-order valence-corrected chi connectivity index (χ2v) is 7.89. The maximum absolute atomic E-state index is 13.2. The summed E-state index contributed by atoms with van der Waals surface area (Å²) in [5.74, 6) is 1.08. The van der Waals surface area contributed by atoms with Gasteiger partial charge in [-0.2, -0.15) is 0 Å². The van der Waals surface area contributed by atoms with Gasteiger partial charge in [0, 0.05) is 11.0 Å². The van der Waals surface area contributed by atoms with Crippen molar-refractivity contribution < 1.29 is 14.6 Å². The van der Waals surface area contributed by atoms with Crippen LogP contribution >= 0.6 is 0 Å². The van der Waals surface area contributed by atoms with Crippen LogP contribution in [0.4, 0.5) is 0 Å². The Morgan fingerprint density at radius 1 is 1.00 bits per heavy atom. The van der Waals surface area contributed by atoms with E-state index in [1.165, 1.54) is 0 Å². The van der Waals surface area contributed by atoms with E-state index < -0.39 is 5.60 Å². The van der Waals surface area contributed by atoms with Crippen LogP contribution in [0.5, 0.6) is 5.75 Å². The van der Waals surface area contributed by atoms with Crippen molar-refractivity contribution in [1.29, 1.82) is 0 Å². The molecule has 0 bridgehead atoms. The predicted molar refractivity (Wildman–Crippen MR) is 98.0 cm³/mol. The molecule has 4 rings (SSSR count). The van der Waals surface area contributed by atoms with Gasteiger partial charge in [-0.05, 0) is 73.9 Å². The fourth-order valence-corrected chi connectivity index (χ4v) is 4.33. The Balaban J connectivity index is 1.67. The number of hydrogen-bond acceptors (Lipinski definition) is 3. The monoisotopic (exact) mass is 336 g/mol. The highest BCUT2D eigenvalue weighted by Gasteiger charge is 2.49. The number of Topliss-reactive ketones (excluding diaryl/α,β-unsaturated/α-hetero) is 1. The van der Waals surface area contributed by atoms with E-state index in [2.05, 4.69) is 12.1 Å². The second kappa shape index (κ2) is 5.70. The largest absolute Gasteiger partial charge is 0.497 e. The summed E-state index contributed by atoms with van der Waals surface area (Å²) in [5.41, 5.74) is 3.21. The molecule has 130 valence electrons. The number of benzene rings is 2. The van der Waals surface area contributed by atoms with Gasteiger partial charge in [0.25, 0.3) is 0 Å². The molecule has 2 aliphatic carbocycles. The zero-order valence-corrected chi connectivity index (χ0v) is 14.8. The summed E-state index contributed by atoms with van der Waals surface area (Å²) in [7, 11) is 1.66. The van der Waals surface area contributed by atoms with Gasteiger partial charge in [0.05, 0.1) is 12.7 Å². The number of fused-ring (bicyclic) bond motifs is 1. The first-order valence-electron chi connectivity index (χ1n) is 8.97. The molecule has 1 spiro atoms. The Hall–Kier alpha value is -2.13. The molecule has 1 saturated carbocycles. The van der Waals surface area contributed by atoms with Crippen LogP contribution in [0.1, 0.15) is 48.5 Å². The highest BCUT2D eigenvalue weighted by Crippen LogP contribution is 2.50. The minimum Gasteiger partial charge on any atom is -0.497 e. The van der Waals surface area contributed by atoms with Crippen molar-refractivity contribution in [2.45, 2.75) is 44.6 Å². The van der Waals surface area contributed by atoms with Gasteiger partial charge in [0.1, 0.15) is 5.75 Å². The zero-order valence-electron chi connectivity index (χ0n) is 14.8. The third-order valence-electron chi connectivity index (χ3n) is 6.05. The smallest absolute Gasteiger partial charge is 0.169 e. The van der Waals surface area contributed by atoms with E-state index in [9.17, 15) is 9.90 Å². The molecule has 0 radical (unpaired) electrons. The Morgan fingerprint density at radius 3 is 2.44 bits per heavy atom. The summed E-state index contributed by atoms with van der Waals surface area (Å²) in [6.45, 7) is 1.88. The number of ether oxygens (including phenoxy) is 1. The molecule has 1 fully saturated rings. The molecule has 0 aromatic heterocycles. The lowest BCUT2D eigenvalue weighted by molar-refractivity contribution is -0.0114. The highest BCUT2D eigenvalue weighted by atomic mass is 16.5. The lowest BCUT2D eigenvalue weighted by Gasteiger charge is -2.39. The molecule has 0 aliphatic heterocycles. The van der Waals surface area contributed by atoms with Crippen LogP contribution in [0.3, 0.4) is 0 Å². The molecule has 3 heteroatoms. The number of rotatable bonds is 2. The number of carbonyl (C=O) groups is 1. The van der Waals surface area contributed by atoms with E-state index in [1.54, 1.807) is 7.11 Å². The Kier molecular flexibility index (Phi) is 3.73. The summed E-state index contributed by atoms with van der Waals surface area (Å²) < 4.78 is 5.31. The summed E-state index contributed by atoms with van der Waals surface area (Å²) in [4.78, 5) is 13.2. The average molecular weight is 336 g/mol. The van der Waals surface area contributed by atoms with Gasteiger partial charge in [-0.3, -0.25) is 4.79 Å². The Bertz CT molecular complexity index is 825. The molecule has 0 unspecified atom stereocenters. The van der Waals surface area contributed by atoms with E-state index in [4.69, 9.17) is 4.74 Å². The van der Waals surface area contributed by atoms with E-state index in [0.717, 1.165) is 47.3 Å². The Labute approximate surface area is 148 Å². The molecule has 1 N–H and O–H groups in total. The summed E-state index contributed by atoms with van der Waals surface area (Å²) >= 11 is 0. The van der Waals surface area contributed by atoms with Crippen LogP contribution in [-0.4, -0.2) is 23.6 Å². The molecule has 2 aromatic carbocycles. The van der Waals surface area contributed by atoms with Gasteiger partial charge in [-0.1, -0.05) is 24.3 Å². The molecule has 0 heterocycles. The second-order valence-electron chi connectivity index (χ2n) is 7.89. The fraction of sp³-hybridized carbons (Fsp3) is 0.409. The zero-order chi connectivity index (χ0) is 17.7. The SMILES string of the molecule is COc1cccc(-c2ccc3c(c2)C(=O)C2(CCC(C)(O)CC2)C3)c1. The van der Waals surface area contributed by atoms with Gasteiger partial charge >= 0.3 is 0 Å². The molecule has 3 nitrogen and oxygen atoms in total. The lowest BCUT2D eigenvalue weighted by atomic mass is 9.67. The van der Waals surface area contributed by atoms with Crippen LogP contribution in [0.15, 0.2) is 42.5 Å². The van der Waals surface area contributed by atoms with E-state index in [1.807, 2.05) is 37.3 Å². The standard InChI is InChI=1S/C22H24O3/c1-21(24)8-10-22(11-9-21)14-17-7-6-16(13-19(17)20(22)23)15-4-3-5-18(12-15)25-2/h3-7,12-13,24H,8-11,14H2,1-2H3. The maximum atomic E-state index is 13.2. The number of aliphatic hydroxyl groups is 1. The molecule has 25 heavy (non-hydrogen) atoms. The van der Waals surface area contributed by atoms with Crippen molar-refractivity contribution in [2.75, 3.05) is 7.11 Å². The van der Waals surface area contributed by atoms with Gasteiger partial charge < -0.3 is 9.84 Å². The van der Waals surface area contributed by atoms with Gasteiger partial charge in [0.15, 0.2) is 5.78 Å². The molecule has 0 atom stereocenters. The summed E-state index contributed by atoms with van der Waals surface area (Å²) in [5, 5.41) is 10.2. The predicted octanol–water partition coefficient (Wildman–Crippen LogP) is 4.41. The summed E-state index contributed by atoms with van der Waals surface area (Å²) in [6.07, 6.45) is 3.78. The summed E-state index contributed by atoms with van der Waals surface area (Å²) in [6, 6.07) is 14.2. The third-order valence-corrected chi connectivity index (χ3v) is 6.05. The van der Waals surface area contributed by atoms with Crippen molar-refractivity contribution in [3.05, 3.63) is 53.6 Å². The van der Waals surface area contributed by atoms with Crippen molar-refractivity contribution in [1.82, 2.24) is 0 Å². The number of carbonyl (C=O) groups excluding carboxylic acids is 1. The number of ketones is 1. The third kappa shape index (κ3) is 2.77. The first-order valence-corrected chi connectivity index (χ1v) is 8.97. The van der Waals surface area contributed by atoms with Crippen molar-refractivity contribution in [3.63, 3.8) is 0 Å². The van der Waals surface area contributed by atoms with Crippen LogP contribution in [0.2, 0.25) is 0 Å². The van der Waals surface area contributed by atoms with E-state index >= 15 is 0 Å². The molecular formula is C22H24O3. The fourth-order valence-electron chi connectivity index (χ4n) is 4.33. The van der Waals surface area contributed by atoms with Gasteiger partial charge in [0.2, 0.25) is 0 Å². The highest BCUT2D eigenvalue weighted by molar-refractivity contribution is 6.05. The van der Waals surface area contributed by atoms with Crippen LogP contribution in [0.25, 0.3) is 11.1 Å². The van der Waals surface area contributed by atoms with Crippen molar-refractivity contribution in [3.8, 4) is 16.9 Å². The molecular weight excluding hydrogens is 312 g/mol.